The molecule has 2 aromatic heterocycles. The van der Waals surface area contributed by atoms with Crippen LogP contribution in [0.3, 0.4) is 0 Å². The molecule has 5 nitrogen and oxygen atoms in total. The second-order valence-corrected chi connectivity index (χ2v) is 4.66. The normalized spacial score (nSPS) is 10.7. The number of anilines is 1. The molecular weight excluding hydrogens is 252 g/mol. The first-order chi connectivity index (χ1) is 9.66. The van der Waals surface area contributed by atoms with E-state index in [1.807, 2.05) is 38.1 Å². The molecule has 0 saturated heterocycles. The number of H-pyrrole nitrogens is 1. The van der Waals surface area contributed by atoms with E-state index < -0.39 is 0 Å². The van der Waals surface area contributed by atoms with Crippen molar-refractivity contribution in [1.29, 1.82) is 0 Å². The number of aromatic nitrogens is 3. The van der Waals surface area contributed by atoms with Crippen LogP contribution in [0, 0.1) is 13.8 Å². The van der Waals surface area contributed by atoms with Crippen molar-refractivity contribution < 1.29 is 4.79 Å². The molecule has 0 spiro atoms. The van der Waals surface area contributed by atoms with Crippen molar-refractivity contribution >= 4 is 22.6 Å². The van der Waals surface area contributed by atoms with Crippen molar-refractivity contribution in [2.45, 2.75) is 13.8 Å². The highest BCUT2D eigenvalue weighted by Gasteiger charge is 2.14. The Bertz CT molecular complexity index is 786. The number of para-hydroxylation sites is 1. The van der Waals surface area contributed by atoms with E-state index in [1.54, 1.807) is 12.3 Å². The summed E-state index contributed by atoms with van der Waals surface area (Å²) in [6, 6.07) is 9.33. The van der Waals surface area contributed by atoms with E-state index >= 15 is 0 Å². The summed E-state index contributed by atoms with van der Waals surface area (Å²) in [5.74, 6) is 0.351. The highest BCUT2D eigenvalue weighted by atomic mass is 16.1. The molecule has 20 heavy (non-hydrogen) atoms. The third-order valence-corrected chi connectivity index (χ3v) is 3.36. The zero-order chi connectivity index (χ0) is 14.1. The number of nitrogens with one attached hydrogen (secondary N) is 2. The molecule has 1 aromatic carbocycles. The molecule has 0 saturated carbocycles. The zero-order valence-corrected chi connectivity index (χ0v) is 11.3. The van der Waals surface area contributed by atoms with Crippen molar-refractivity contribution in [3.8, 4) is 0 Å². The fourth-order valence-corrected chi connectivity index (χ4v) is 2.07. The van der Waals surface area contributed by atoms with Crippen LogP contribution in [0.5, 0.6) is 0 Å². The van der Waals surface area contributed by atoms with Crippen LogP contribution < -0.4 is 5.32 Å². The van der Waals surface area contributed by atoms with Gasteiger partial charge in [-0.15, -0.1) is 0 Å². The molecule has 0 radical (unpaired) electrons. The van der Waals surface area contributed by atoms with Crippen LogP contribution >= 0.6 is 0 Å². The monoisotopic (exact) mass is 266 g/mol. The summed E-state index contributed by atoms with van der Waals surface area (Å²) >= 11 is 0. The van der Waals surface area contributed by atoms with Crippen LogP contribution in [-0.2, 0) is 0 Å². The minimum Gasteiger partial charge on any atom is -0.305 e. The number of pyridine rings is 1. The average Bonchev–Trinajstić information content (AvgIpc) is 2.78. The highest BCUT2D eigenvalue weighted by molar-refractivity contribution is 6.11. The number of fused-ring (bicyclic) bond motifs is 1. The molecular formula is C15H14N4O. The number of hydrogen-bond acceptors (Lipinski definition) is 3. The van der Waals surface area contributed by atoms with Gasteiger partial charge in [0.25, 0.3) is 5.91 Å². The molecule has 0 aliphatic heterocycles. The molecule has 2 heterocycles. The summed E-state index contributed by atoms with van der Waals surface area (Å²) in [4.78, 5) is 16.7. The number of nitrogens with zero attached hydrogens (tertiary/aromatic N) is 2. The van der Waals surface area contributed by atoms with Gasteiger partial charge in [-0.2, -0.15) is 5.10 Å². The number of carbonyl (C=O) groups excluding carboxylic acids is 1. The maximum atomic E-state index is 12.4. The number of carbonyl (C=O) groups is 1. The Morgan fingerprint density at radius 1 is 1.20 bits per heavy atom. The van der Waals surface area contributed by atoms with Gasteiger partial charge < -0.3 is 5.32 Å². The lowest BCUT2D eigenvalue weighted by Gasteiger charge is -2.06. The van der Waals surface area contributed by atoms with Gasteiger partial charge in [-0.05, 0) is 26.0 Å². The number of aromatic amines is 1. The summed E-state index contributed by atoms with van der Waals surface area (Å²) < 4.78 is 0. The maximum absolute atomic E-state index is 12.4. The van der Waals surface area contributed by atoms with Crippen molar-refractivity contribution in [3.05, 3.63) is 53.3 Å². The Labute approximate surface area is 116 Å². The standard InChI is InChI=1S/C15H14N4O/c1-9-10(2)18-19-14(9)17-15(20)12-7-3-5-11-6-4-8-16-13(11)12/h3-8H,1-2H3,(H2,17,18,19,20). The maximum Gasteiger partial charge on any atom is 0.259 e. The number of hydrogen-bond donors (Lipinski definition) is 2. The predicted octanol–water partition coefficient (Wildman–Crippen LogP) is 2.83. The predicted molar refractivity (Wildman–Crippen MR) is 77.8 cm³/mol. The van der Waals surface area contributed by atoms with Gasteiger partial charge in [0.1, 0.15) is 0 Å². The van der Waals surface area contributed by atoms with E-state index in [1.165, 1.54) is 0 Å². The van der Waals surface area contributed by atoms with Gasteiger partial charge in [0.05, 0.1) is 11.1 Å². The van der Waals surface area contributed by atoms with Crippen LogP contribution in [0.4, 0.5) is 5.82 Å². The Morgan fingerprint density at radius 3 is 2.75 bits per heavy atom. The lowest BCUT2D eigenvalue weighted by molar-refractivity contribution is 0.102. The quantitative estimate of drug-likeness (QED) is 0.749. The highest BCUT2D eigenvalue weighted by Crippen LogP contribution is 2.19. The molecule has 5 heteroatoms. The number of benzene rings is 1. The second-order valence-electron chi connectivity index (χ2n) is 4.66. The Balaban J connectivity index is 1.99. The lowest BCUT2D eigenvalue weighted by Crippen LogP contribution is -2.13. The van der Waals surface area contributed by atoms with Crippen LogP contribution in [0.1, 0.15) is 21.6 Å². The second kappa shape index (κ2) is 4.77. The van der Waals surface area contributed by atoms with Crippen LogP contribution in [-0.4, -0.2) is 21.1 Å². The van der Waals surface area contributed by atoms with Gasteiger partial charge in [-0.25, -0.2) is 0 Å². The van der Waals surface area contributed by atoms with Gasteiger partial charge in [-0.1, -0.05) is 18.2 Å². The summed E-state index contributed by atoms with van der Waals surface area (Å²) in [6.45, 7) is 3.83. The zero-order valence-electron chi connectivity index (χ0n) is 11.3. The van der Waals surface area contributed by atoms with E-state index in [4.69, 9.17) is 0 Å². The smallest absolute Gasteiger partial charge is 0.259 e. The minimum atomic E-state index is -0.205. The Kier molecular flexibility index (Phi) is 2.95. The first-order valence-corrected chi connectivity index (χ1v) is 6.33. The van der Waals surface area contributed by atoms with Crippen molar-refractivity contribution in [1.82, 2.24) is 15.2 Å². The number of rotatable bonds is 2. The molecule has 0 aliphatic carbocycles. The molecule has 3 rings (SSSR count). The molecule has 0 unspecified atom stereocenters. The average molecular weight is 266 g/mol. The molecule has 0 fully saturated rings. The third kappa shape index (κ3) is 2.03. The Morgan fingerprint density at radius 2 is 2.00 bits per heavy atom. The third-order valence-electron chi connectivity index (χ3n) is 3.36. The van der Waals surface area contributed by atoms with Gasteiger partial charge in [0, 0.05) is 22.8 Å². The summed E-state index contributed by atoms with van der Waals surface area (Å²) in [5, 5.41) is 10.7. The van der Waals surface area contributed by atoms with Gasteiger partial charge in [-0.3, -0.25) is 14.9 Å². The number of amides is 1. The fraction of sp³-hybridized carbons (Fsp3) is 0.133. The molecule has 0 aliphatic rings. The summed E-state index contributed by atoms with van der Waals surface area (Å²) in [5.41, 5.74) is 3.11. The molecule has 2 N–H and O–H groups in total. The van der Waals surface area contributed by atoms with Crippen LogP contribution in [0.25, 0.3) is 10.9 Å². The van der Waals surface area contributed by atoms with Gasteiger partial charge in [0.15, 0.2) is 5.82 Å². The fourth-order valence-electron chi connectivity index (χ4n) is 2.07. The van der Waals surface area contributed by atoms with E-state index in [-0.39, 0.29) is 5.91 Å². The van der Waals surface area contributed by atoms with Gasteiger partial charge in [0.2, 0.25) is 0 Å². The van der Waals surface area contributed by atoms with E-state index in [2.05, 4.69) is 20.5 Å². The largest absolute Gasteiger partial charge is 0.305 e. The minimum absolute atomic E-state index is 0.205. The Hall–Kier alpha value is -2.69. The SMILES string of the molecule is Cc1[nH]nc(NC(=O)c2cccc3cccnc23)c1C. The molecule has 3 aromatic rings. The number of aryl methyl sites for hydroxylation is 1. The van der Waals surface area contributed by atoms with E-state index in [0.29, 0.717) is 16.9 Å². The molecule has 1 amide bonds. The topological polar surface area (TPSA) is 70.7 Å². The van der Waals surface area contributed by atoms with Crippen molar-refractivity contribution in [2.75, 3.05) is 5.32 Å². The first-order valence-electron chi connectivity index (χ1n) is 6.33. The molecule has 100 valence electrons. The first kappa shape index (κ1) is 12.3. The lowest BCUT2D eigenvalue weighted by atomic mass is 10.1. The molecule has 0 atom stereocenters. The van der Waals surface area contributed by atoms with Crippen molar-refractivity contribution in [2.24, 2.45) is 0 Å². The summed E-state index contributed by atoms with van der Waals surface area (Å²) in [6.07, 6.45) is 1.68. The van der Waals surface area contributed by atoms with E-state index in [9.17, 15) is 4.79 Å². The van der Waals surface area contributed by atoms with Gasteiger partial charge >= 0.3 is 0 Å². The van der Waals surface area contributed by atoms with Crippen LogP contribution in [0.15, 0.2) is 36.5 Å². The van der Waals surface area contributed by atoms with E-state index in [0.717, 1.165) is 16.6 Å². The van der Waals surface area contributed by atoms with Crippen molar-refractivity contribution in [3.63, 3.8) is 0 Å². The summed E-state index contributed by atoms with van der Waals surface area (Å²) in [7, 11) is 0. The molecule has 0 bridgehead atoms. The van der Waals surface area contributed by atoms with Crippen LogP contribution in [0.2, 0.25) is 0 Å².